The Morgan fingerprint density at radius 1 is 1.09 bits per heavy atom. The predicted octanol–water partition coefficient (Wildman–Crippen LogP) is 3.53. The van der Waals surface area contributed by atoms with Crippen LogP contribution in [0.4, 0.5) is 0 Å². The van der Waals surface area contributed by atoms with E-state index in [2.05, 4.69) is 4.98 Å². The average molecular weight is 327 g/mol. The molecule has 0 bridgehead atoms. The van der Waals surface area contributed by atoms with Gasteiger partial charge in [0.05, 0.1) is 18.4 Å². The van der Waals surface area contributed by atoms with E-state index in [-0.39, 0.29) is 10.6 Å². The van der Waals surface area contributed by atoms with Crippen LogP contribution in [0.3, 0.4) is 0 Å². The van der Waals surface area contributed by atoms with Crippen molar-refractivity contribution in [3.8, 4) is 5.75 Å². The lowest BCUT2D eigenvalue weighted by Crippen LogP contribution is -2.07. The molecule has 4 nitrogen and oxygen atoms in total. The van der Waals surface area contributed by atoms with Gasteiger partial charge in [-0.3, -0.25) is 4.98 Å². The van der Waals surface area contributed by atoms with Crippen molar-refractivity contribution < 1.29 is 13.2 Å². The molecule has 5 heteroatoms. The first kappa shape index (κ1) is 15.5. The highest BCUT2D eigenvalue weighted by molar-refractivity contribution is 7.90. The Morgan fingerprint density at radius 3 is 2.65 bits per heavy atom. The molecule has 0 saturated heterocycles. The molecule has 0 amide bonds. The summed E-state index contributed by atoms with van der Waals surface area (Å²) in [6, 6.07) is 14.6. The van der Waals surface area contributed by atoms with Gasteiger partial charge in [0, 0.05) is 11.6 Å². The van der Waals surface area contributed by atoms with Gasteiger partial charge in [-0.15, -0.1) is 0 Å². The average Bonchev–Trinajstić information content (AvgIpc) is 2.54. The Morgan fingerprint density at radius 2 is 1.87 bits per heavy atom. The maximum Gasteiger partial charge on any atom is 0.186 e. The van der Waals surface area contributed by atoms with Gasteiger partial charge in [-0.05, 0) is 42.3 Å². The molecule has 0 spiro atoms. The van der Waals surface area contributed by atoms with Crippen molar-refractivity contribution in [2.24, 2.45) is 0 Å². The number of nitrogens with zero attached hydrogens (tertiary/aromatic N) is 1. The van der Waals surface area contributed by atoms with Gasteiger partial charge in [-0.25, -0.2) is 8.42 Å². The van der Waals surface area contributed by atoms with Crippen molar-refractivity contribution in [3.05, 3.63) is 65.9 Å². The van der Waals surface area contributed by atoms with Crippen LogP contribution in [-0.2, 0) is 15.6 Å². The van der Waals surface area contributed by atoms with Crippen molar-refractivity contribution in [3.63, 3.8) is 0 Å². The number of ether oxygens (including phenoxy) is 1. The number of pyridine rings is 1. The zero-order chi connectivity index (χ0) is 16.4. The normalized spacial score (nSPS) is 11.6. The molecule has 23 heavy (non-hydrogen) atoms. The zero-order valence-corrected chi connectivity index (χ0v) is 13.8. The summed E-state index contributed by atoms with van der Waals surface area (Å²) in [4.78, 5) is 4.53. The van der Waals surface area contributed by atoms with Crippen molar-refractivity contribution in [1.29, 1.82) is 0 Å². The topological polar surface area (TPSA) is 56.3 Å². The lowest BCUT2D eigenvalue weighted by atomic mass is 10.2. The van der Waals surface area contributed by atoms with E-state index in [1.54, 1.807) is 24.4 Å². The third-order valence-electron chi connectivity index (χ3n) is 3.66. The molecule has 1 aromatic heterocycles. The van der Waals surface area contributed by atoms with E-state index in [4.69, 9.17) is 4.74 Å². The Bertz CT molecular complexity index is 965. The number of hydrogen-bond acceptors (Lipinski definition) is 4. The van der Waals surface area contributed by atoms with Crippen molar-refractivity contribution in [1.82, 2.24) is 4.98 Å². The first-order valence-corrected chi connectivity index (χ1v) is 8.86. The molecular weight excluding hydrogens is 310 g/mol. The van der Waals surface area contributed by atoms with E-state index in [0.29, 0.717) is 11.3 Å². The van der Waals surface area contributed by atoms with E-state index < -0.39 is 9.84 Å². The summed E-state index contributed by atoms with van der Waals surface area (Å²) in [5.41, 5.74) is 2.46. The monoisotopic (exact) mass is 327 g/mol. The molecule has 0 aliphatic heterocycles. The van der Waals surface area contributed by atoms with E-state index in [1.165, 1.54) is 7.11 Å². The number of para-hydroxylation sites is 1. The minimum Gasteiger partial charge on any atom is -0.495 e. The summed E-state index contributed by atoms with van der Waals surface area (Å²) in [7, 11) is -2.03. The van der Waals surface area contributed by atoms with Crippen LogP contribution in [0, 0.1) is 6.92 Å². The number of benzene rings is 2. The molecule has 0 N–H and O–H groups in total. The van der Waals surface area contributed by atoms with Crippen LogP contribution in [0.1, 0.15) is 11.1 Å². The molecule has 3 aromatic rings. The number of aromatic nitrogens is 1. The maximum atomic E-state index is 12.7. The molecule has 3 rings (SSSR count). The summed E-state index contributed by atoms with van der Waals surface area (Å²) in [6.07, 6.45) is 1.61. The van der Waals surface area contributed by atoms with Gasteiger partial charge in [0.1, 0.15) is 10.6 Å². The quantitative estimate of drug-likeness (QED) is 0.735. The maximum absolute atomic E-state index is 12.7. The summed E-state index contributed by atoms with van der Waals surface area (Å²) >= 11 is 0. The number of sulfone groups is 1. The van der Waals surface area contributed by atoms with Crippen LogP contribution in [0.15, 0.2) is 59.6 Å². The lowest BCUT2D eigenvalue weighted by Gasteiger charge is -2.10. The highest BCUT2D eigenvalue weighted by Crippen LogP contribution is 2.28. The van der Waals surface area contributed by atoms with Crippen molar-refractivity contribution in [2.75, 3.05) is 7.11 Å². The molecule has 0 radical (unpaired) electrons. The van der Waals surface area contributed by atoms with Crippen LogP contribution < -0.4 is 4.74 Å². The van der Waals surface area contributed by atoms with Crippen LogP contribution in [0.5, 0.6) is 5.75 Å². The van der Waals surface area contributed by atoms with Gasteiger partial charge in [-0.2, -0.15) is 0 Å². The number of aryl methyl sites for hydroxylation is 1. The second-order valence-corrected chi connectivity index (χ2v) is 7.41. The van der Waals surface area contributed by atoms with E-state index in [9.17, 15) is 8.42 Å². The van der Waals surface area contributed by atoms with Crippen molar-refractivity contribution in [2.45, 2.75) is 17.6 Å². The molecule has 1 heterocycles. The smallest absolute Gasteiger partial charge is 0.186 e. The highest BCUT2D eigenvalue weighted by atomic mass is 32.2. The summed E-state index contributed by atoms with van der Waals surface area (Å²) < 4.78 is 30.7. The minimum atomic E-state index is -3.51. The molecule has 118 valence electrons. The third-order valence-corrected chi connectivity index (χ3v) is 5.38. The Hall–Kier alpha value is -2.40. The largest absolute Gasteiger partial charge is 0.495 e. The zero-order valence-electron chi connectivity index (χ0n) is 13.0. The molecule has 0 unspecified atom stereocenters. The second-order valence-electron chi connectivity index (χ2n) is 5.45. The Balaban J connectivity index is 1.99. The SMILES string of the molecule is COc1cc(C)ccc1S(=O)(=O)Cc1cnc2ccccc2c1. The first-order valence-electron chi connectivity index (χ1n) is 7.21. The molecule has 0 fully saturated rings. The van der Waals surface area contributed by atoms with Gasteiger partial charge in [-0.1, -0.05) is 24.3 Å². The number of fused-ring (bicyclic) bond motifs is 1. The van der Waals surface area contributed by atoms with E-state index in [0.717, 1.165) is 16.5 Å². The van der Waals surface area contributed by atoms with Gasteiger partial charge in [0.2, 0.25) is 0 Å². The highest BCUT2D eigenvalue weighted by Gasteiger charge is 2.20. The summed E-state index contributed by atoms with van der Waals surface area (Å²) in [5, 5.41) is 0.927. The Labute approximate surface area is 135 Å². The number of hydrogen-bond donors (Lipinski definition) is 0. The fraction of sp³-hybridized carbons (Fsp3) is 0.167. The van der Waals surface area contributed by atoms with Gasteiger partial charge in [0.25, 0.3) is 0 Å². The second kappa shape index (κ2) is 6.01. The lowest BCUT2D eigenvalue weighted by molar-refractivity contribution is 0.402. The summed E-state index contributed by atoms with van der Waals surface area (Å²) in [6.45, 7) is 1.90. The van der Waals surface area contributed by atoms with Gasteiger partial charge in [0.15, 0.2) is 9.84 Å². The molecule has 0 atom stereocenters. The van der Waals surface area contributed by atoms with Gasteiger partial charge >= 0.3 is 0 Å². The van der Waals surface area contributed by atoms with Crippen molar-refractivity contribution >= 4 is 20.7 Å². The molecule has 0 saturated carbocycles. The number of rotatable bonds is 4. The molecule has 0 aliphatic carbocycles. The molecular formula is C18H17NO3S. The Kier molecular flexibility index (Phi) is 4.05. The number of methoxy groups -OCH3 is 1. The van der Waals surface area contributed by atoms with E-state index in [1.807, 2.05) is 37.3 Å². The predicted molar refractivity (Wildman–Crippen MR) is 90.4 cm³/mol. The van der Waals surface area contributed by atoms with Crippen LogP contribution in [0.25, 0.3) is 10.9 Å². The first-order chi connectivity index (χ1) is 11.0. The molecule has 0 aliphatic rings. The fourth-order valence-electron chi connectivity index (χ4n) is 2.52. The third kappa shape index (κ3) is 3.19. The van der Waals surface area contributed by atoms with Gasteiger partial charge < -0.3 is 4.74 Å². The molecule has 2 aromatic carbocycles. The van der Waals surface area contributed by atoms with Crippen LogP contribution >= 0.6 is 0 Å². The van der Waals surface area contributed by atoms with E-state index >= 15 is 0 Å². The van der Waals surface area contributed by atoms with Crippen LogP contribution in [-0.4, -0.2) is 20.5 Å². The minimum absolute atomic E-state index is 0.107. The summed E-state index contributed by atoms with van der Waals surface area (Å²) in [5.74, 6) is 0.267. The standard InChI is InChI=1S/C18H17NO3S/c1-13-7-8-18(17(9-13)22-2)23(20,21)12-14-10-15-5-3-4-6-16(15)19-11-14/h3-11H,12H2,1-2H3. The fourth-order valence-corrected chi connectivity index (χ4v) is 4.00. The van der Waals surface area contributed by atoms with Crippen LogP contribution in [0.2, 0.25) is 0 Å².